The molecular weight excluding hydrogens is 1200 g/mol. The normalized spacial score (nSPS) is 11.9. The van der Waals surface area contributed by atoms with Gasteiger partial charge in [0.25, 0.3) is 26.1 Å². The van der Waals surface area contributed by atoms with E-state index in [2.05, 4.69) is 30.8 Å². The minimum absolute atomic E-state index is 0. The van der Waals surface area contributed by atoms with Crippen molar-refractivity contribution in [1.82, 2.24) is 0 Å². The van der Waals surface area contributed by atoms with E-state index in [1.807, 2.05) is 6.92 Å². The zero-order chi connectivity index (χ0) is 54.9. The maximum Gasteiger partial charge on any atom is 2.00 e. The zero-order valence-corrected chi connectivity index (χ0v) is 49.1. The Bertz CT molecular complexity index is 3860. The third-order valence-corrected chi connectivity index (χ3v) is 13.9. The van der Waals surface area contributed by atoms with E-state index in [1.54, 1.807) is 118 Å². The Morgan fingerprint density at radius 3 is 1.60 bits per heavy atom. The molecule has 23 heteroatoms. The summed E-state index contributed by atoms with van der Waals surface area (Å²) >= 11 is 12.5. The van der Waals surface area contributed by atoms with Crippen LogP contribution in [0.25, 0.3) is 21.5 Å². The first-order chi connectivity index (χ1) is 36.3. The second-order valence-corrected chi connectivity index (χ2v) is 19.8. The van der Waals surface area contributed by atoms with Crippen LogP contribution in [0.15, 0.2) is 169 Å². The van der Waals surface area contributed by atoms with Crippen molar-refractivity contribution in [3.63, 3.8) is 0 Å². The molecule has 0 aliphatic heterocycles. The number of anilines is 1. The van der Waals surface area contributed by atoms with E-state index < -0.39 is 48.4 Å². The number of halogens is 2. The predicted octanol–water partition coefficient (Wildman–Crippen LogP) is 12.3. The number of carbonyl (C=O) groups is 1. The number of aliphatic imine (C=N–C) groups is 1. The van der Waals surface area contributed by atoms with Crippen molar-refractivity contribution >= 4 is 160 Å². The van der Waals surface area contributed by atoms with Gasteiger partial charge in [-0.05, 0) is 121 Å². The summed E-state index contributed by atoms with van der Waals surface area (Å²) in [5, 5.41) is 59.0. The Morgan fingerprint density at radius 1 is 0.610 bits per heavy atom. The van der Waals surface area contributed by atoms with Crippen LogP contribution in [-0.2, 0) is 33.1 Å². The van der Waals surface area contributed by atoms with Crippen LogP contribution in [-0.4, -0.2) is 105 Å². The van der Waals surface area contributed by atoms with Crippen LogP contribution >= 0.6 is 23.2 Å². The Hall–Kier alpha value is -6.41. The van der Waals surface area contributed by atoms with Gasteiger partial charge in [-0.3, -0.25) is 18.9 Å². The maximum absolute atomic E-state index is 13.4. The topological polar surface area (TPSA) is 284 Å². The van der Waals surface area contributed by atoms with Gasteiger partial charge in [-0.1, -0.05) is 116 Å². The van der Waals surface area contributed by atoms with E-state index in [4.69, 9.17) is 32.7 Å². The SMILES string of the molecule is CCOc1ccccc1N=C([O-])c1cc2ccccc2c(N=Nc2cc(Cl)c(CC)c(S(=O)(=O)O)c2)c1[O-].CCOc1ccccc1NC(=O)c1cc2ccccc2c(N=Nc2cc(Cl)c(CC)c(S(=O)(=O)O)c2)c1O.[Ba+2]. The van der Waals surface area contributed by atoms with Gasteiger partial charge in [-0.2, -0.15) is 32.2 Å². The molecule has 0 radical (unpaired) electrons. The van der Waals surface area contributed by atoms with Gasteiger partial charge in [0.2, 0.25) is 0 Å². The van der Waals surface area contributed by atoms with Crippen LogP contribution < -0.4 is 25.0 Å². The Balaban J connectivity index is 0.000000246. The quantitative estimate of drug-likeness (QED) is 0.0231. The number of nitrogens with one attached hydrogen (secondary N) is 1. The molecule has 0 atom stereocenters. The van der Waals surface area contributed by atoms with Gasteiger partial charge in [0.05, 0.1) is 41.5 Å². The Morgan fingerprint density at radius 2 is 1.06 bits per heavy atom. The van der Waals surface area contributed by atoms with Crippen molar-refractivity contribution in [1.29, 1.82) is 0 Å². The molecule has 8 aromatic carbocycles. The number of phenolic OH excluding ortho intramolecular Hbond substituents is 1. The number of benzene rings is 8. The second-order valence-electron chi connectivity index (χ2n) is 16.2. The number of phenols is 1. The fourth-order valence-electron chi connectivity index (χ4n) is 7.87. The molecule has 8 rings (SSSR count). The first-order valence-electron chi connectivity index (χ1n) is 23.2. The minimum atomic E-state index is -4.59. The van der Waals surface area contributed by atoms with Crippen LogP contribution in [0, 0.1) is 0 Å². The number of rotatable bonds is 16. The van der Waals surface area contributed by atoms with Crippen LogP contribution in [0.3, 0.4) is 0 Å². The number of ether oxygens (including phenoxy) is 2. The molecule has 0 aliphatic carbocycles. The first kappa shape index (κ1) is 59.8. The number of carbonyl (C=O) groups excluding carboxylic acids is 1. The van der Waals surface area contributed by atoms with Crippen LogP contribution in [0.5, 0.6) is 23.0 Å². The smallest absolute Gasteiger partial charge is 0.871 e. The molecule has 4 N–H and O–H groups in total. The van der Waals surface area contributed by atoms with Gasteiger partial charge >= 0.3 is 48.9 Å². The number of amides is 1. The molecule has 392 valence electrons. The number of aromatic hydroxyl groups is 1. The number of hydrogen-bond donors (Lipinski definition) is 4. The van der Waals surface area contributed by atoms with Crippen molar-refractivity contribution in [2.75, 3.05) is 18.5 Å². The molecule has 0 aliphatic rings. The molecule has 0 aromatic heterocycles. The van der Waals surface area contributed by atoms with Gasteiger partial charge < -0.3 is 30.1 Å². The summed E-state index contributed by atoms with van der Waals surface area (Å²) in [7, 11) is -9.16. The summed E-state index contributed by atoms with van der Waals surface area (Å²) in [4.78, 5) is 16.5. The first-order valence-corrected chi connectivity index (χ1v) is 26.8. The summed E-state index contributed by atoms with van der Waals surface area (Å²) in [6, 6.07) is 35.4. The van der Waals surface area contributed by atoms with Crippen molar-refractivity contribution in [2.24, 2.45) is 25.4 Å². The molecule has 0 heterocycles. The Kier molecular flexibility index (Phi) is 20.4. The maximum atomic E-state index is 13.4. The van der Waals surface area contributed by atoms with E-state index in [9.17, 15) is 46.1 Å². The van der Waals surface area contributed by atoms with E-state index >= 15 is 0 Å². The third-order valence-electron chi connectivity index (χ3n) is 11.3. The van der Waals surface area contributed by atoms with Gasteiger partial charge in [-0.15, -0.1) is 5.11 Å². The molecule has 77 heavy (non-hydrogen) atoms. The molecular formula is C54H46BaCl2N6O12S2. The van der Waals surface area contributed by atoms with Gasteiger partial charge in [0.1, 0.15) is 32.7 Å². The molecule has 0 saturated carbocycles. The van der Waals surface area contributed by atoms with E-state index in [1.165, 1.54) is 24.3 Å². The summed E-state index contributed by atoms with van der Waals surface area (Å²) < 4.78 is 77.9. The fourth-order valence-corrected chi connectivity index (χ4v) is 10.3. The zero-order valence-electron chi connectivity index (χ0n) is 41.6. The molecule has 0 bridgehead atoms. The number of para-hydroxylation sites is 4. The number of fused-ring (bicyclic) bond motifs is 2. The van der Waals surface area contributed by atoms with Crippen molar-refractivity contribution in [2.45, 2.75) is 50.3 Å². The standard InChI is InChI=1S/2C27H24ClN3O6S.Ba/c2*1-3-18-21(28)14-17(15-24(18)38(34,35)36)30-31-25-19-10-6-5-9-16(19)13-20(26(25)32)27(33)29-22-11-7-8-12-23(22)37-4-2;/h2*5-15,32H,3-4H2,1-2H3,(H,29,33)(H,34,35,36);/q;;+2/p-2. The predicted molar refractivity (Wildman–Crippen MR) is 294 cm³/mol. The number of hydrogen-bond acceptors (Lipinski definition) is 15. The summed E-state index contributed by atoms with van der Waals surface area (Å²) in [6.07, 6.45) is 0.515. The largest absolute Gasteiger partial charge is 2.00 e. The molecule has 1 amide bonds. The van der Waals surface area contributed by atoms with Crippen LogP contribution in [0.2, 0.25) is 10.0 Å². The van der Waals surface area contributed by atoms with E-state index in [-0.39, 0.29) is 127 Å². The minimum Gasteiger partial charge on any atom is -0.871 e. The van der Waals surface area contributed by atoms with Crippen LogP contribution in [0.4, 0.5) is 34.1 Å². The van der Waals surface area contributed by atoms with Crippen molar-refractivity contribution in [3.05, 3.63) is 166 Å². The molecule has 0 saturated heterocycles. The van der Waals surface area contributed by atoms with Gasteiger partial charge in [0, 0.05) is 20.8 Å². The Labute approximate surface area is 493 Å². The summed E-state index contributed by atoms with van der Waals surface area (Å²) in [5.41, 5.74) is 0.788. The molecule has 0 spiro atoms. The van der Waals surface area contributed by atoms with E-state index in [0.717, 1.165) is 12.1 Å². The second kappa shape index (κ2) is 26.3. The monoisotopic (exact) mass is 1240 g/mol. The average Bonchev–Trinajstić information content (AvgIpc) is 3.39. The van der Waals surface area contributed by atoms with Crippen LogP contribution in [0.1, 0.15) is 54.7 Å². The summed E-state index contributed by atoms with van der Waals surface area (Å²) in [5.74, 6) is -1.63. The number of nitrogens with zero attached hydrogens (tertiary/aromatic N) is 5. The van der Waals surface area contributed by atoms with E-state index in [0.29, 0.717) is 51.9 Å². The van der Waals surface area contributed by atoms with Gasteiger partial charge in [-0.25, -0.2) is 0 Å². The molecule has 0 unspecified atom stereocenters. The third kappa shape index (κ3) is 14.2. The number of azo groups is 2. The fraction of sp³-hybridized carbons (Fsp3) is 0.148. The van der Waals surface area contributed by atoms with Crippen molar-refractivity contribution in [3.8, 4) is 23.0 Å². The van der Waals surface area contributed by atoms with Crippen molar-refractivity contribution < 1.29 is 55.5 Å². The summed E-state index contributed by atoms with van der Waals surface area (Å²) in [6.45, 7) is 7.79. The molecule has 8 aromatic rings. The molecule has 18 nitrogen and oxygen atoms in total. The molecule has 0 fully saturated rings. The average molecular weight is 1240 g/mol. The van der Waals surface area contributed by atoms with Gasteiger partial charge in [0.15, 0.2) is 5.75 Å².